The predicted octanol–water partition coefficient (Wildman–Crippen LogP) is 1.59. The van der Waals surface area contributed by atoms with Gasteiger partial charge in [0.2, 0.25) is 0 Å². The Labute approximate surface area is 113 Å². The van der Waals surface area contributed by atoms with Crippen molar-refractivity contribution >= 4 is 15.4 Å². The fraction of sp³-hybridized carbons (Fsp3) is 0.455. The first-order valence-corrected chi connectivity index (χ1v) is 8.61. The second kappa shape index (κ2) is 7.95. The van der Waals surface area contributed by atoms with E-state index in [0.29, 0.717) is 5.82 Å². The van der Waals surface area contributed by atoms with Crippen molar-refractivity contribution in [2.24, 2.45) is 0 Å². The molecule has 0 N–H and O–H groups in total. The lowest BCUT2D eigenvalue weighted by Gasteiger charge is -2.34. The van der Waals surface area contributed by atoms with Crippen LogP contribution in [0.1, 0.15) is 33.6 Å². The van der Waals surface area contributed by atoms with Crippen molar-refractivity contribution in [3.63, 3.8) is 0 Å². The van der Waals surface area contributed by atoms with Crippen molar-refractivity contribution in [3.05, 3.63) is 35.2 Å². The van der Waals surface area contributed by atoms with Gasteiger partial charge in [0.05, 0.1) is 7.82 Å². The first-order chi connectivity index (χ1) is 8.52. The maximum absolute atomic E-state index is 11.0. The van der Waals surface area contributed by atoms with Gasteiger partial charge in [-0.25, -0.2) is 0 Å². The fourth-order valence-corrected chi connectivity index (χ4v) is 2.78. The van der Waals surface area contributed by atoms with Gasteiger partial charge in [0.1, 0.15) is 0 Å². The van der Waals surface area contributed by atoms with Crippen LogP contribution in [-0.4, -0.2) is 0 Å². The molecule has 0 aromatic carbocycles. The summed E-state index contributed by atoms with van der Waals surface area (Å²) in [4.78, 5) is 31.4. The summed E-state index contributed by atoms with van der Waals surface area (Å²) < 4.78 is 24.6. The molecule has 0 amide bonds. The Hall–Kier alpha value is -0.480. The SMILES string of the molecule is CC(C)=CCC/C(C)=C/C=C/P(=O)([O-])OP(=O)([O-])[O-]. The zero-order chi connectivity index (χ0) is 15.1. The van der Waals surface area contributed by atoms with Crippen LogP contribution in [0.15, 0.2) is 35.2 Å². The van der Waals surface area contributed by atoms with Crippen molar-refractivity contribution < 1.29 is 28.1 Å². The highest BCUT2D eigenvalue weighted by Gasteiger charge is 2.04. The lowest BCUT2D eigenvalue weighted by Crippen LogP contribution is -2.17. The Kier molecular flexibility index (Phi) is 7.75. The summed E-state index contributed by atoms with van der Waals surface area (Å²) in [6.45, 7) is 5.77. The third-order valence-electron chi connectivity index (χ3n) is 1.95. The van der Waals surface area contributed by atoms with Crippen molar-refractivity contribution in [2.45, 2.75) is 33.6 Å². The molecule has 1 unspecified atom stereocenters. The van der Waals surface area contributed by atoms with E-state index in [2.05, 4.69) is 4.31 Å². The van der Waals surface area contributed by atoms with Crippen LogP contribution in [0.2, 0.25) is 0 Å². The number of rotatable bonds is 7. The van der Waals surface area contributed by atoms with Crippen molar-refractivity contribution in [1.82, 2.24) is 0 Å². The van der Waals surface area contributed by atoms with E-state index in [1.165, 1.54) is 11.6 Å². The second-order valence-electron chi connectivity index (χ2n) is 4.24. The standard InChI is InChI=1S/C11H20O6P2/c1-10(2)6-4-7-11(3)8-5-9-18(12,13)17-19(14,15)16/h5-6,8-9H,4,7H2,1-3H3,(H,12,13)(H2,14,15,16)/p-3/b9-5+,11-8+. The number of phosphoric acid groups is 1. The van der Waals surface area contributed by atoms with Gasteiger partial charge in [-0.05, 0) is 39.4 Å². The Bertz CT molecular complexity index is 468. The van der Waals surface area contributed by atoms with Crippen LogP contribution in [0, 0.1) is 0 Å². The highest BCUT2D eigenvalue weighted by atomic mass is 31.3. The lowest BCUT2D eigenvalue weighted by atomic mass is 10.1. The summed E-state index contributed by atoms with van der Waals surface area (Å²) in [7, 11) is -10.3. The lowest BCUT2D eigenvalue weighted by molar-refractivity contribution is -0.337. The molecule has 6 nitrogen and oxygen atoms in total. The molecule has 19 heavy (non-hydrogen) atoms. The highest BCUT2D eigenvalue weighted by molar-refractivity contribution is 7.63. The highest BCUT2D eigenvalue weighted by Crippen LogP contribution is 2.50. The summed E-state index contributed by atoms with van der Waals surface area (Å²) in [5.74, 6) is 0.555. The van der Waals surface area contributed by atoms with Crippen LogP contribution in [-0.2, 0) is 13.4 Å². The van der Waals surface area contributed by atoms with Gasteiger partial charge in [-0.1, -0.05) is 29.4 Å². The van der Waals surface area contributed by atoms with Crippen molar-refractivity contribution in [1.29, 1.82) is 0 Å². The first-order valence-electron chi connectivity index (χ1n) is 5.54. The molecule has 0 bridgehead atoms. The topological polar surface area (TPSA) is 113 Å². The molecule has 0 saturated heterocycles. The molecule has 0 aliphatic carbocycles. The maximum Gasteiger partial charge on any atom is 0.161 e. The van der Waals surface area contributed by atoms with E-state index in [0.717, 1.165) is 24.5 Å². The quantitative estimate of drug-likeness (QED) is 0.401. The molecule has 1 atom stereocenters. The maximum atomic E-state index is 11.0. The average molecular weight is 307 g/mol. The van der Waals surface area contributed by atoms with Crippen LogP contribution in [0.4, 0.5) is 0 Å². The molecule has 0 radical (unpaired) electrons. The Morgan fingerprint density at radius 2 is 1.74 bits per heavy atom. The molecule has 0 aliphatic heterocycles. The molecule has 0 heterocycles. The summed E-state index contributed by atoms with van der Waals surface area (Å²) in [5.41, 5.74) is 2.11. The molecule has 0 saturated carbocycles. The van der Waals surface area contributed by atoms with Crippen molar-refractivity contribution in [3.8, 4) is 0 Å². The van der Waals surface area contributed by atoms with Gasteiger partial charge in [0.15, 0.2) is 7.60 Å². The normalized spacial score (nSPS) is 16.4. The van der Waals surface area contributed by atoms with Crippen LogP contribution in [0.3, 0.4) is 0 Å². The van der Waals surface area contributed by atoms with E-state index in [9.17, 15) is 23.8 Å². The van der Waals surface area contributed by atoms with Crippen LogP contribution >= 0.6 is 15.4 Å². The summed E-state index contributed by atoms with van der Waals surface area (Å²) in [6, 6.07) is 0. The van der Waals surface area contributed by atoms with Crippen LogP contribution in [0.25, 0.3) is 0 Å². The Balaban J connectivity index is 4.44. The van der Waals surface area contributed by atoms with E-state index in [-0.39, 0.29) is 0 Å². The number of hydrogen-bond acceptors (Lipinski definition) is 6. The van der Waals surface area contributed by atoms with Gasteiger partial charge in [-0.2, -0.15) is 0 Å². The monoisotopic (exact) mass is 307 g/mol. The molecule has 0 rings (SSSR count). The number of hydrogen-bond donors (Lipinski definition) is 0. The van der Waals surface area contributed by atoms with E-state index < -0.39 is 15.4 Å². The Morgan fingerprint density at radius 3 is 2.21 bits per heavy atom. The third-order valence-corrected chi connectivity index (χ3v) is 4.20. The van der Waals surface area contributed by atoms with Crippen molar-refractivity contribution in [2.75, 3.05) is 0 Å². The largest absolute Gasteiger partial charge is 0.790 e. The molecule has 0 aliphatic rings. The van der Waals surface area contributed by atoms with Crippen LogP contribution in [0.5, 0.6) is 0 Å². The van der Waals surface area contributed by atoms with Gasteiger partial charge < -0.3 is 28.1 Å². The zero-order valence-corrected chi connectivity index (χ0v) is 12.9. The summed E-state index contributed by atoms with van der Waals surface area (Å²) in [5, 5.41) is 0. The second-order valence-corrected chi connectivity index (χ2v) is 7.17. The third kappa shape index (κ3) is 12.3. The predicted molar refractivity (Wildman–Crippen MR) is 67.9 cm³/mol. The minimum atomic E-state index is -5.54. The van der Waals surface area contributed by atoms with Gasteiger partial charge >= 0.3 is 0 Å². The van der Waals surface area contributed by atoms with E-state index >= 15 is 0 Å². The number of allylic oxidation sites excluding steroid dienone is 5. The fourth-order valence-electron chi connectivity index (χ4n) is 1.15. The minimum Gasteiger partial charge on any atom is -0.790 e. The van der Waals surface area contributed by atoms with E-state index in [1.807, 2.05) is 26.8 Å². The molecule has 8 heteroatoms. The molecule has 110 valence electrons. The first kappa shape index (κ1) is 18.5. The van der Waals surface area contributed by atoms with Gasteiger partial charge in [0.25, 0.3) is 0 Å². The van der Waals surface area contributed by atoms with Gasteiger partial charge in [-0.15, -0.1) is 0 Å². The summed E-state index contributed by atoms with van der Waals surface area (Å²) in [6.07, 6.45) is 6.30. The Morgan fingerprint density at radius 1 is 1.16 bits per heavy atom. The molecule has 0 aromatic rings. The molecular formula is C11H17O6P2-3. The van der Waals surface area contributed by atoms with Gasteiger partial charge in [0, 0.05) is 0 Å². The van der Waals surface area contributed by atoms with E-state index in [1.54, 1.807) is 0 Å². The summed E-state index contributed by atoms with van der Waals surface area (Å²) >= 11 is 0. The molecule has 0 aromatic heterocycles. The molecule has 0 spiro atoms. The zero-order valence-electron chi connectivity index (χ0n) is 11.1. The van der Waals surface area contributed by atoms with Gasteiger partial charge in [-0.3, -0.25) is 0 Å². The van der Waals surface area contributed by atoms with Crippen LogP contribution < -0.4 is 14.7 Å². The minimum absolute atomic E-state index is 0.555. The van der Waals surface area contributed by atoms with E-state index in [4.69, 9.17) is 0 Å². The average Bonchev–Trinajstić information content (AvgIpc) is 2.12. The smallest absolute Gasteiger partial charge is 0.161 e. The molecular weight excluding hydrogens is 290 g/mol. The molecule has 0 fully saturated rings.